The Bertz CT molecular complexity index is 11.6. The summed E-state index contributed by atoms with van der Waals surface area (Å²) >= 11 is 0.125. The molecule has 0 radical (unpaired) electrons. The summed E-state index contributed by atoms with van der Waals surface area (Å²) in [5, 5.41) is 0. The van der Waals surface area contributed by atoms with E-state index in [0.717, 1.165) is 0 Å². The Labute approximate surface area is 97.9 Å². The van der Waals surface area contributed by atoms with Crippen LogP contribution in [0.25, 0.3) is 0 Å². The first-order chi connectivity index (χ1) is 1.00. The Morgan fingerprint density at radius 2 is 1.20 bits per heavy atom. The molecule has 0 bridgehead atoms. The van der Waals surface area contributed by atoms with E-state index in [2.05, 4.69) is 0 Å². The summed E-state index contributed by atoms with van der Waals surface area (Å²) in [7, 11) is 0. The summed E-state index contributed by atoms with van der Waals surface area (Å²) in [5.74, 6) is 0. The van der Waals surface area contributed by atoms with Crippen molar-refractivity contribution in [3.63, 3.8) is 0 Å². The van der Waals surface area contributed by atoms with Crippen LogP contribution < -0.4 is 0 Å². The maximum atomic E-state index is 8.38. The Kier molecular flexibility index (Phi) is 139. The first-order valence-corrected chi connectivity index (χ1v) is 1.50. The van der Waals surface area contributed by atoms with Crippen LogP contribution in [0.3, 0.4) is 0 Å². The third-order valence-electron chi connectivity index (χ3n) is 0. The molecular weight excluding hydrogens is 447 g/mol. The number of rotatable bonds is 0. The Morgan fingerprint density at radius 1 is 1.20 bits per heavy atom. The van der Waals surface area contributed by atoms with E-state index < -0.39 is 0 Å². The Hall–Kier alpha value is 2.96. The van der Waals surface area contributed by atoms with Crippen molar-refractivity contribution in [3.8, 4) is 0 Å². The average molecular weight is 455 g/mol. The van der Waals surface area contributed by atoms with Gasteiger partial charge in [0.1, 0.15) is 0 Å². The predicted octanol–water partition coefficient (Wildman–Crippen LogP) is -2.25. The summed E-state index contributed by atoms with van der Waals surface area (Å²) in [6.07, 6.45) is 0. The fraction of sp³-hybridized carbons (Fsp3) is 0. The SMILES string of the molecule is I.[BiH3].[NaH].[O]=[GeH2]. The van der Waals surface area contributed by atoms with Crippen LogP contribution in [0.1, 0.15) is 0 Å². The van der Waals surface area contributed by atoms with Crippen LogP contribution in [0.4, 0.5) is 0 Å². The van der Waals surface area contributed by atoms with Gasteiger partial charge in [-0.3, -0.25) is 0 Å². The summed E-state index contributed by atoms with van der Waals surface area (Å²) in [5.41, 5.74) is 0. The van der Waals surface area contributed by atoms with E-state index in [1.165, 1.54) is 0 Å². The molecule has 0 aliphatic rings. The third-order valence-corrected chi connectivity index (χ3v) is 0. The Morgan fingerprint density at radius 3 is 1.20 bits per heavy atom. The summed E-state index contributed by atoms with van der Waals surface area (Å²) < 4.78 is 8.38. The molecule has 0 saturated carbocycles. The van der Waals surface area contributed by atoms with Gasteiger partial charge in [0.15, 0.2) is 0 Å². The van der Waals surface area contributed by atoms with Gasteiger partial charge in [0, 0.05) is 0 Å². The molecule has 0 aromatic carbocycles. The summed E-state index contributed by atoms with van der Waals surface area (Å²) in [4.78, 5) is 0. The van der Waals surface area contributed by atoms with Crippen molar-refractivity contribution in [2.75, 3.05) is 0 Å². The topological polar surface area (TPSA) is 17.1 Å². The van der Waals surface area contributed by atoms with Crippen LogP contribution in [-0.4, -0.2) is 72.2 Å². The molecule has 5 heteroatoms. The molecule has 0 heterocycles. The van der Waals surface area contributed by atoms with E-state index in [1.807, 2.05) is 0 Å². The molecule has 1 nitrogen and oxygen atoms in total. The molecule has 0 aromatic heterocycles. The van der Waals surface area contributed by atoms with Crippen LogP contribution in [-0.2, 0) is 3.78 Å². The maximum absolute atomic E-state index is 8.38. The molecule has 0 saturated heterocycles. The van der Waals surface area contributed by atoms with Crippen molar-refractivity contribution in [2.24, 2.45) is 0 Å². The van der Waals surface area contributed by atoms with Crippen LogP contribution in [0.2, 0.25) is 0 Å². The second kappa shape index (κ2) is 28.2. The molecule has 0 amide bonds. The number of halogens is 1. The molecule has 0 aliphatic carbocycles. The van der Waals surface area contributed by atoms with Crippen molar-refractivity contribution in [3.05, 3.63) is 0 Å². The average Bonchev–Trinajstić information content (AvgIpc) is 1.00. The van der Waals surface area contributed by atoms with Gasteiger partial charge in [-0.1, -0.05) is 0 Å². The van der Waals surface area contributed by atoms with Crippen molar-refractivity contribution in [1.29, 1.82) is 0 Å². The van der Waals surface area contributed by atoms with Crippen LogP contribution in [0, 0.1) is 0 Å². The third kappa shape index (κ3) is 19.6. The normalized spacial score (nSPS) is 0.800. The zero-order chi connectivity index (χ0) is 2.00. The van der Waals surface area contributed by atoms with Gasteiger partial charge in [-0.15, -0.1) is 24.0 Å². The van der Waals surface area contributed by atoms with Gasteiger partial charge in [-0.05, 0) is 0 Å². The van der Waals surface area contributed by atoms with Crippen molar-refractivity contribution >= 4 is 96.2 Å². The first kappa shape index (κ1) is 24.6. The fourth-order valence-electron chi connectivity index (χ4n) is 0. The summed E-state index contributed by atoms with van der Waals surface area (Å²) in [6, 6.07) is 0. The molecule has 0 rings (SSSR count). The quantitative estimate of drug-likeness (QED) is 0.299. The first-order valence-electron chi connectivity index (χ1n) is 0.289. The molecule has 0 atom stereocenters. The molecular formula is H7BiGeINaO. The van der Waals surface area contributed by atoms with Crippen molar-refractivity contribution < 1.29 is 3.78 Å². The zero-order valence-electron chi connectivity index (χ0n) is 2.23. The van der Waals surface area contributed by atoms with E-state index in [1.54, 1.807) is 0 Å². The second-order valence-electron chi connectivity index (χ2n) is 0. The van der Waals surface area contributed by atoms with Crippen molar-refractivity contribution in [1.82, 2.24) is 0 Å². The van der Waals surface area contributed by atoms with E-state index in [-0.39, 0.29) is 96.2 Å². The monoisotopic (exact) mass is 456 g/mol. The predicted molar refractivity (Wildman–Crippen MR) is 41.7 cm³/mol. The molecule has 0 aliphatic heterocycles. The van der Waals surface area contributed by atoms with Gasteiger partial charge in [0.2, 0.25) is 0 Å². The molecule has 0 spiro atoms. The minimum atomic E-state index is 0. The van der Waals surface area contributed by atoms with Gasteiger partial charge in [-0.2, -0.15) is 0 Å². The fourth-order valence-corrected chi connectivity index (χ4v) is 0. The molecule has 0 aromatic rings. The van der Waals surface area contributed by atoms with E-state index in [4.69, 9.17) is 3.78 Å². The van der Waals surface area contributed by atoms with Gasteiger partial charge in [0.25, 0.3) is 0 Å². The van der Waals surface area contributed by atoms with E-state index in [0.29, 0.717) is 0 Å². The standard InChI is InChI=1S/Bi.GeH2O.HI.Na.4H/c;1-2;;;;;;/h;1H2;1H;;;;;. The number of hydrogen-bond donors (Lipinski definition) is 0. The molecule has 0 fully saturated rings. The molecule has 0 unspecified atom stereocenters. The number of hydrogen-bond acceptors (Lipinski definition) is 1. The zero-order valence-corrected chi connectivity index (χ0v) is 13.0. The molecule has 0 N–H and O–H groups in total. The van der Waals surface area contributed by atoms with Gasteiger partial charge < -0.3 is 0 Å². The van der Waals surface area contributed by atoms with Gasteiger partial charge >= 0.3 is 76.0 Å². The minimum absolute atomic E-state index is 0. The van der Waals surface area contributed by atoms with Crippen LogP contribution in [0.15, 0.2) is 0 Å². The van der Waals surface area contributed by atoms with Crippen molar-refractivity contribution in [2.45, 2.75) is 0 Å². The van der Waals surface area contributed by atoms with Gasteiger partial charge in [-0.25, -0.2) is 0 Å². The molecule has 30 valence electrons. The van der Waals surface area contributed by atoms with E-state index >= 15 is 0 Å². The molecule has 5 heavy (non-hydrogen) atoms. The van der Waals surface area contributed by atoms with Gasteiger partial charge in [0.05, 0.1) is 0 Å². The second-order valence-corrected chi connectivity index (χ2v) is 0. The van der Waals surface area contributed by atoms with Crippen LogP contribution >= 0.6 is 24.0 Å². The van der Waals surface area contributed by atoms with E-state index in [9.17, 15) is 0 Å². The summed E-state index contributed by atoms with van der Waals surface area (Å²) in [6.45, 7) is 0. The van der Waals surface area contributed by atoms with Crippen LogP contribution in [0.5, 0.6) is 0 Å². The Balaban J connectivity index is -0.00000000167.